The fourth-order valence-electron chi connectivity index (χ4n) is 3.31. The molecule has 21 heavy (non-hydrogen) atoms. The molecule has 1 N–H and O–H groups in total. The largest absolute Gasteiger partial charge is 0.496 e. The summed E-state index contributed by atoms with van der Waals surface area (Å²) in [5.74, 6) is 0.971. The molecule has 1 aliphatic rings. The molecule has 0 fully saturated rings. The number of likely N-dealkylation sites (N-methyl/N-ethyl adjacent to an activating group) is 1. The molecule has 0 spiro atoms. The number of rotatable bonds is 5. The highest BCUT2D eigenvalue weighted by Gasteiger charge is 2.31. The standard InChI is InChI=1S/C18H28N2O/c1-7-19-12-14-9-15-13(3)11-18(4,5)20(8-2)16(15)10-17(14)21-6/h9-11,19H,7-8,12H2,1-6H3. The van der Waals surface area contributed by atoms with Crippen molar-refractivity contribution in [3.05, 3.63) is 29.3 Å². The molecular weight excluding hydrogens is 260 g/mol. The number of allylic oxidation sites excluding steroid dienone is 1. The van der Waals surface area contributed by atoms with Crippen LogP contribution in [0.1, 0.15) is 45.7 Å². The van der Waals surface area contributed by atoms with Gasteiger partial charge < -0.3 is 15.0 Å². The lowest BCUT2D eigenvalue weighted by Crippen LogP contribution is -2.44. The minimum absolute atomic E-state index is 0.0417. The van der Waals surface area contributed by atoms with E-state index in [2.05, 4.69) is 63.0 Å². The highest BCUT2D eigenvalue weighted by Crippen LogP contribution is 2.41. The van der Waals surface area contributed by atoms with Gasteiger partial charge in [0.15, 0.2) is 0 Å². The quantitative estimate of drug-likeness (QED) is 0.891. The molecule has 0 aromatic heterocycles. The van der Waals surface area contributed by atoms with E-state index in [9.17, 15) is 0 Å². The predicted molar refractivity (Wildman–Crippen MR) is 91.1 cm³/mol. The van der Waals surface area contributed by atoms with Crippen molar-refractivity contribution < 1.29 is 4.74 Å². The summed E-state index contributed by atoms with van der Waals surface area (Å²) in [6, 6.07) is 4.48. The van der Waals surface area contributed by atoms with E-state index in [4.69, 9.17) is 4.74 Å². The van der Waals surface area contributed by atoms with Crippen LogP contribution >= 0.6 is 0 Å². The molecular formula is C18H28N2O. The SMILES string of the molecule is CCNCc1cc2c(cc1OC)N(CC)C(C)(C)C=C2C. The van der Waals surface area contributed by atoms with Gasteiger partial charge >= 0.3 is 0 Å². The molecule has 0 aliphatic carbocycles. The van der Waals surface area contributed by atoms with Gasteiger partial charge in [-0.2, -0.15) is 0 Å². The first-order chi connectivity index (χ1) is 9.94. The maximum atomic E-state index is 5.62. The van der Waals surface area contributed by atoms with Gasteiger partial charge in [0.2, 0.25) is 0 Å². The Morgan fingerprint density at radius 2 is 1.95 bits per heavy atom. The van der Waals surface area contributed by atoms with Gasteiger partial charge in [0.1, 0.15) is 5.75 Å². The molecule has 116 valence electrons. The molecule has 0 bridgehead atoms. The van der Waals surface area contributed by atoms with Crippen LogP contribution in [0.5, 0.6) is 5.75 Å². The Morgan fingerprint density at radius 3 is 2.52 bits per heavy atom. The van der Waals surface area contributed by atoms with Crippen LogP contribution in [-0.4, -0.2) is 25.7 Å². The zero-order chi connectivity index (χ0) is 15.6. The summed E-state index contributed by atoms with van der Waals surface area (Å²) >= 11 is 0. The van der Waals surface area contributed by atoms with Crippen molar-refractivity contribution in [1.82, 2.24) is 5.32 Å². The van der Waals surface area contributed by atoms with E-state index >= 15 is 0 Å². The lowest BCUT2D eigenvalue weighted by Gasteiger charge is -2.43. The fourth-order valence-corrected chi connectivity index (χ4v) is 3.31. The molecule has 1 aromatic rings. The number of methoxy groups -OCH3 is 1. The summed E-state index contributed by atoms with van der Waals surface area (Å²) in [6.45, 7) is 13.9. The van der Waals surface area contributed by atoms with Gasteiger partial charge in [-0.3, -0.25) is 0 Å². The molecule has 0 saturated carbocycles. The van der Waals surface area contributed by atoms with E-state index in [1.165, 1.54) is 22.4 Å². The normalized spacial score (nSPS) is 16.5. The molecule has 0 unspecified atom stereocenters. The first-order valence-electron chi connectivity index (χ1n) is 7.83. The summed E-state index contributed by atoms with van der Waals surface area (Å²) in [5.41, 5.74) is 5.21. The van der Waals surface area contributed by atoms with E-state index in [1.54, 1.807) is 7.11 Å². The highest BCUT2D eigenvalue weighted by molar-refractivity contribution is 5.82. The second-order valence-corrected chi connectivity index (χ2v) is 6.19. The fraction of sp³-hybridized carbons (Fsp3) is 0.556. The van der Waals surface area contributed by atoms with E-state index in [-0.39, 0.29) is 5.54 Å². The van der Waals surface area contributed by atoms with E-state index in [0.29, 0.717) is 0 Å². The first-order valence-corrected chi connectivity index (χ1v) is 7.83. The third kappa shape index (κ3) is 2.93. The number of benzene rings is 1. The maximum Gasteiger partial charge on any atom is 0.125 e. The summed E-state index contributed by atoms with van der Waals surface area (Å²) in [7, 11) is 1.75. The summed E-state index contributed by atoms with van der Waals surface area (Å²) in [5, 5.41) is 3.39. The Labute approximate surface area is 129 Å². The number of hydrogen-bond acceptors (Lipinski definition) is 3. The molecule has 3 nitrogen and oxygen atoms in total. The van der Waals surface area contributed by atoms with Crippen molar-refractivity contribution in [2.45, 2.75) is 46.7 Å². The van der Waals surface area contributed by atoms with Crippen molar-refractivity contribution in [2.24, 2.45) is 0 Å². The Kier molecular flexibility index (Phi) is 4.62. The third-order valence-corrected chi connectivity index (χ3v) is 4.26. The van der Waals surface area contributed by atoms with E-state index in [1.807, 2.05) is 0 Å². The maximum absolute atomic E-state index is 5.62. The smallest absolute Gasteiger partial charge is 0.125 e. The van der Waals surface area contributed by atoms with Crippen LogP contribution in [0.4, 0.5) is 5.69 Å². The van der Waals surface area contributed by atoms with Crippen LogP contribution in [0.15, 0.2) is 18.2 Å². The molecule has 1 aromatic carbocycles. The second-order valence-electron chi connectivity index (χ2n) is 6.19. The number of hydrogen-bond donors (Lipinski definition) is 1. The van der Waals surface area contributed by atoms with Crippen LogP contribution in [0.2, 0.25) is 0 Å². The van der Waals surface area contributed by atoms with Crippen LogP contribution in [0.25, 0.3) is 5.57 Å². The van der Waals surface area contributed by atoms with Gasteiger partial charge in [-0.05, 0) is 45.9 Å². The minimum atomic E-state index is 0.0417. The van der Waals surface area contributed by atoms with Crippen molar-refractivity contribution in [3.8, 4) is 5.75 Å². The van der Waals surface area contributed by atoms with Crippen LogP contribution in [0, 0.1) is 0 Å². The highest BCUT2D eigenvalue weighted by atomic mass is 16.5. The number of nitrogens with one attached hydrogen (secondary N) is 1. The van der Waals surface area contributed by atoms with Crippen LogP contribution < -0.4 is 15.0 Å². The topological polar surface area (TPSA) is 24.5 Å². The Morgan fingerprint density at radius 1 is 1.24 bits per heavy atom. The Balaban J connectivity index is 2.55. The van der Waals surface area contributed by atoms with Gasteiger partial charge in [-0.25, -0.2) is 0 Å². The monoisotopic (exact) mass is 288 g/mol. The number of anilines is 1. The van der Waals surface area contributed by atoms with Crippen molar-refractivity contribution in [1.29, 1.82) is 0 Å². The molecule has 1 aliphatic heterocycles. The number of fused-ring (bicyclic) bond motifs is 1. The predicted octanol–water partition coefficient (Wildman–Crippen LogP) is 3.83. The third-order valence-electron chi connectivity index (χ3n) is 4.26. The van der Waals surface area contributed by atoms with Crippen molar-refractivity contribution >= 4 is 11.3 Å². The summed E-state index contributed by atoms with van der Waals surface area (Å²) in [6.07, 6.45) is 2.36. The zero-order valence-electron chi connectivity index (χ0n) is 14.2. The molecule has 3 heteroatoms. The van der Waals surface area contributed by atoms with Gasteiger partial charge in [0, 0.05) is 36.0 Å². The van der Waals surface area contributed by atoms with Gasteiger partial charge in [0.25, 0.3) is 0 Å². The molecule has 0 radical (unpaired) electrons. The molecule has 1 heterocycles. The van der Waals surface area contributed by atoms with Crippen molar-refractivity contribution in [3.63, 3.8) is 0 Å². The second kappa shape index (κ2) is 6.10. The molecule has 0 amide bonds. The van der Waals surface area contributed by atoms with Gasteiger partial charge in [0.05, 0.1) is 12.6 Å². The molecule has 2 rings (SSSR count). The summed E-state index contributed by atoms with van der Waals surface area (Å²) in [4.78, 5) is 2.44. The number of ether oxygens (including phenoxy) is 1. The van der Waals surface area contributed by atoms with Crippen molar-refractivity contribution in [2.75, 3.05) is 25.1 Å². The first kappa shape index (κ1) is 15.9. The average molecular weight is 288 g/mol. The Bertz CT molecular complexity index is 546. The zero-order valence-corrected chi connectivity index (χ0v) is 14.2. The van der Waals surface area contributed by atoms with Gasteiger partial charge in [-0.1, -0.05) is 13.0 Å². The summed E-state index contributed by atoms with van der Waals surface area (Å²) < 4.78 is 5.62. The Hall–Kier alpha value is -1.48. The minimum Gasteiger partial charge on any atom is -0.496 e. The lowest BCUT2D eigenvalue weighted by atomic mass is 9.87. The van der Waals surface area contributed by atoms with Crippen LogP contribution in [0.3, 0.4) is 0 Å². The van der Waals surface area contributed by atoms with E-state index < -0.39 is 0 Å². The van der Waals surface area contributed by atoms with Gasteiger partial charge in [-0.15, -0.1) is 0 Å². The lowest BCUT2D eigenvalue weighted by molar-refractivity contribution is 0.407. The molecule has 0 atom stereocenters. The average Bonchev–Trinajstić information content (AvgIpc) is 2.44. The number of nitrogens with zero attached hydrogens (tertiary/aromatic N) is 1. The van der Waals surface area contributed by atoms with Crippen LogP contribution in [-0.2, 0) is 6.54 Å². The van der Waals surface area contributed by atoms with E-state index in [0.717, 1.165) is 25.4 Å². The molecule has 0 saturated heterocycles.